The summed E-state index contributed by atoms with van der Waals surface area (Å²) in [4.78, 5) is 21.2. The predicted molar refractivity (Wildman–Crippen MR) is 83.9 cm³/mol. The lowest BCUT2D eigenvalue weighted by atomic mass is 9.96. The van der Waals surface area contributed by atoms with Gasteiger partial charge in [-0.1, -0.05) is 13.3 Å². The van der Waals surface area contributed by atoms with E-state index in [1.165, 1.54) is 12.8 Å². The molecule has 2 aliphatic rings. The van der Waals surface area contributed by atoms with Gasteiger partial charge in [0.2, 0.25) is 5.91 Å². The highest BCUT2D eigenvalue weighted by molar-refractivity contribution is 5.79. The van der Waals surface area contributed by atoms with Crippen molar-refractivity contribution in [2.75, 3.05) is 36.8 Å². The Morgan fingerprint density at radius 3 is 2.67 bits per heavy atom. The molecule has 1 aliphatic carbocycles. The Morgan fingerprint density at radius 1 is 1.29 bits per heavy atom. The van der Waals surface area contributed by atoms with Crippen molar-refractivity contribution in [1.29, 1.82) is 0 Å². The van der Waals surface area contributed by atoms with Crippen molar-refractivity contribution in [2.45, 2.75) is 26.2 Å². The number of pyridine rings is 1. The Balaban J connectivity index is 1.60. The number of hydrogen-bond acceptors (Lipinski definition) is 4. The Morgan fingerprint density at radius 2 is 2.05 bits per heavy atom. The molecule has 5 nitrogen and oxygen atoms in total. The Hall–Kier alpha value is -1.78. The number of aromatic nitrogens is 1. The fourth-order valence-corrected chi connectivity index (χ4v) is 3.56. The summed E-state index contributed by atoms with van der Waals surface area (Å²) >= 11 is 0. The third kappa shape index (κ3) is 2.82. The zero-order valence-electron chi connectivity index (χ0n) is 12.7. The number of piperazine rings is 1. The SMILES string of the molecule is CC1CCCC1C(=O)N1CCN(c2ncccc2N)CC1. The molecule has 0 aromatic carbocycles. The van der Waals surface area contributed by atoms with Crippen LogP contribution >= 0.6 is 0 Å². The first-order chi connectivity index (χ1) is 10.2. The van der Waals surface area contributed by atoms with Crippen molar-refractivity contribution >= 4 is 17.4 Å². The van der Waals surface area contributed by atoms with Gasteiger partial charge in [0.25, 0.3) is 0 Å². The van der Waals surface area contributed by atoms with Gasteiger partial charge < -0.3 is 15.5 Å². The Kier molecular flexibility index (Phi) is 3.99. The quantitative estimate of drug-likeness (QED) is 0.900. The van der Waals surface area contributed by atoms with Gasteiger partial charge >= 0.3 is 0 Å². The highest BCUT2D eigenvalue weighted by Gasteiger charge is 2.34. The number of hydrogen-bond donors (Lipinski definition) is 1. The number of carbonyl (C=O) groups excluding carboxylic acids is 1. The standard InChI is InChI=1S/C16H24N4O/c1-12-4-2-5-13(12)16(21)20-10-8-19(9-11-20)15-14(17)6-3-7-18-15/h3,6-7,12-13H,2,4-5,8-11,17H2,1H3. The fraction of sp³-hybridized carbons (Fsp3) is 0.625. The maximum Gasteiger partial charge on any atom is 0.226 e. The molecule has 2 fully saturated rings. The number of nitrogen functional groups attached to an aromatic ring is 1. The molecule has 2 N–H and O–H groups in total. The summed E-state index contributed by atoms with van der Waals surface area (Å²) in [5.74, 6) is 1.99. The zero-order valence-corrected chi connectivity index (χ0v) is 12.7. The summed E-state index contributed by atoms with van der Waals surface area (Å²) in [5.41, 5.74) is 6.69. The number of rotatable bonds is 2. The largest absolute Gasteiger partial charge is 0.396 e. The van der Waals surface area contributed by atoms with E-state index in [0.29, 0.717) is 17.5 Å². The van der Waals surface area contributed by atoms with E-state index in [2.05, 4.69) is 16.8 Å². The van der Waals surface area contributed by atoms with E-state index in [4.69, 9.17) is 5.73 Å². The van der Waals surface area contributed by atoms with E-state index >= 15 is 0 Å². The molecule has 114 valence electrons. The van der Waals surface area contributed by atoms with Crippen molar-refractivity contribution < 1.29 is 4.79 Å². The van der Waals surface area contributed by atoms with E-state index in [-0.39, 0.29) is 5.92 Å². The second-order valence-electron chi connectivity index (χ2n) is 6.24. The van der Waals surface area contributed by atoms with Crippen LogP contribution in [0.1, 0.15) is 26.2 Å². The molecule has 1 saturated heterocycles. The van der Waals surface area contributed by atoms with E-state index in [0.717, 1.165) is 38.4 Å². The van der Waals surface area contributed by atoms with Crippen molar-refractivity contribution in [1.82, 2.24) is 9.88 Å². The van der Waals surface area contributed by atoms with Gasteiger partial charge in [0.05, 0.1) is 5.69 Å². The third-order valence-corrected chi connectivity index (χ3v) is 4.89. The van der Waals surface area contributed by atoms with Crippen LogP contribution in [-0.4, -0.2) is 42.0 Å². The number of carbonyl (C=O) groups is 1. The van der Waals surface area contributed by atoms with Gasteiger partial charge in [0, 0.05) is 38.3 Å². The maximum absolute atomic E-state index is 12.6. The van der Waals surface area contributed by atoms with Crippen LogP contribution in [0.5, 0.6) is 0 Å². The van der Waals surface area contributed by atoms with Crippen LogP contribution in [-0.2, 0) is 4.79 Å². The third-order valence-electron chi connectivity index (χ3n) is 4.89. The lowest BCUT2D eigenvalue weighted by molar-refractivity contribution is -0.136. The average molecular weight is 288 g/mol. The molecule has 5 heteroatoms. The molecule has 2 heterocycles. The number of nitrogens with two attached hydrogens (primary N) is 1. The monoisotopic (exact) mass is 288 g/mol. The summed E-state index contributed by atoms with van der Waals surface area (Å²) in [7, 11) is 0. The first kappa shape index (κ1) is 14.2. The summed E-state index contributed by atoms with van der Waals surface area (Å²) < 4.78 is 0. The van der Waals surface area contributed by atoms with Crippen molar-refractivity contribution in [3.8, 4) is 0 Å². The lowest BCUT2D eigenvalue weighted by Crippen LogP contribution is -2.51. The Labute approximate surface area is 126 Å². The average Bonchev–Trinajstić information content (AvgIpc) is 2.93. The summed E-state index contributed by atoms with van der Waals surface area (Å²) in [6.45, 7) is 5.39. The van der Waals surface area contributed by atoms with Crippen LogP contribution in [0.15, 0.2) is 18.3 Å². The number of nitrogens with zero attached hydrogens (tertiary/aromatic N) is 3. The summed E-state index contributed by atoms with van der Waals surface area (Å²) in [6, 6.07) is 3.72. The zero-order chi connectivity index (χ0) is 14.8. The summed E-state index contributed by atoms with van der Waals surface area (Å²) in [5, 5.41) is 0. The molecule has 1 amide bonds. The molecule has 1 aromatic heterocycles. The first-order valence-electron chi connectivity index (χ1n) is 7.91. The normalized spacial score (nSPS) is 26.1. The maximum atomic E-state index is 12.6. The summed E-state index contributed by atoms with van der Waals surface area (Å²) in [6.07, 6.45) is 5.22. The van der Waals surface area contributed by atoms with Gasteiger partial charge in [-0.3, -0.25) is 4.79 Å². The van der Waals surface area contributed by atoms with Gasteiger partial charge in [0.15, 0.2) is 5.82 Å². The van der Waals surface area contributed by atoms with Gasteiger partial charge in [-0.15, -0.1) is 0 Å². The highest BCUT2D eigenvalue weighted by atomic mass is 16.2. The molecule has 1 aromatic rings. The van der Waals surface area contributed by atoms with Crippen molar-refractivity contribution in [3.05, 3.63) is 18.3 Å². The predicted octanol–water partition coefficient (Wildman–Crippen LogP) is 1.75. The Bertz CT molecular complexity index is 511. The second kappa shape index (κ2) is 5.92. The minimum Gasteiger partial charge on any atom is -0.396 e. The molecule has 21 heavy (non-hydrogen) atoms. The minimum absolute atomic E-state index is 0.247. The van der Waals surface area contributed by atoms with Gasteiger partial charge in [0.1, 0.15) is 0 Å². The van der Waals surface area contributed by atoms with E-state index in [1.807, 2.05) is 17.0 Å². The van der Waals surface area contributed by atoms with Gasteiger partial charge in [-0.25, -0.2) is 4.98 Å². The fourth-order valence-electron chi connectivity index (χ4n) is 3.56. The highest BCUT2D eigenvalue weighted by Crippen LogP contribution is 2.33. The molecule has 1 aliphatic heterocycles. The van der Waals surface area contributed by atoms with Crippen LogP contribution in [0.2, 0.25) is 0 Å². The van der Waals surface area contributed by atoms with Crippen LogP contribution < -0.4 is 10.6 Å². The molecule has 2 unspecified atom stereocenters. The van der Waals surface area contributed by atoms with Crippen molar-refractivity contribution in [2.24, 2.45) is 11.8 Å². The van der Waals surface area contributed by atoms with Crippen molar-refractivity contribution in [3.63, 3.8) is 0 Å². The smallest absolute Gasteiger partial charge is 0.226 e. The van der Waals surface area contributed by atoms with Crippen LogP contribution in [0, 0.1) is 11.8 Å². The molecular weight excluding hydrogens is 264 g/mol. The van der Waals surface area contributed by atoms with Crippen LogP contribution in [0.25, 0.3) is 0 Å². The van der Waals surface area contributed by atoms with Crippen LogP contribution in [0.4, 0.5) is 11.5 Å². The molecule has 2 atom stereocenters. The van der Waals surface area contributed by atoms with E-state index in [1.54, 1.807) is 6.20 Å². The minimum atomic E-state index is 0.247. The van der Waals surface area contributed by atoms with E-state index in [9.17, 15) is 4.79 Å². The molecule has 3 rings (SSSR count). The molecule has 0 bridgehead atoms. The first-order valence-corrected chi connectivity index (χ1v) is 7.91. The van der Waals surface area contributed by atoms with Gasteiger partial charge in [-0.05, 0) is 30.9 Å². The molecule has 0 spiro atoms. The van der Waals surface area contributed by atoms with Crippen LogP contribution in [0.3, 0.4) is 0 Å². The lowest BCUT2D eigenvalue weighted by Gasteiger charge is -2.37. The molecular formula is C16H24N4O. The topological polar surface area (TPSA) is 62.5 Å². The second-order valence-corrected chi connectivity index (χ2v) is 6.24. The number of anilines is 2. The van der Waals surface area contributed by atoms with E-state index < -0.39 is 0 Å². The molecule has 0 radical (unpaired) electrons. The van der Waals surface area contributed by atoms with Gasteiger partial charge in [-0.2, -0.15) is 0 Å². The number of amides is 1. The molecule has 1 saturated carbocycles.